The first-order valence-corrected chi connectivity index (χ1v) is 8.56. The molecule has 0 radical (unpaired) electrons. The van der Waals surface area contributed by atoms with Crippen LogP contribution in [0.25, 0.3) is 0 Å². The van der Waals surface area contributed by atoms with Gasteiger partial charge in [0, 0.05) is 0 Å². The van der Waals surface area contributed by atoms with Crippen molar-refractivity contribution in [3.63, 3.8) is 0 Å². The number of rotatable bonds is 8. The molecule has 0 aliphatic heterocycles. The average Bonchev–Trinajstić information content (AvgIpc) is 2.59. The van der Waals surface area contributed by atoms with Crippen molar-refractivity contribution in [1.82, 2.24) is 10.3 Å². The van der Waals surface area contributed by atoms with Gasteiger partial charge in [0.15, 0.2) is 0 Å². The normalized spacial score (nSPS) is 12.8. The lowest BCUT2D eigenvalue weighted by Gasteiger charge is -2.22. The van der Waals surface area contributed by atoms with Gasteiger partial charge in [-0.2, -0.15) is 0 Å². The Balaban J connectivity index is 0.00000338. The number of esters is 1. The summed E-state index contributed by atoms with van der Waals surface area (Å²) in [4.78, 5) is 16.2. The first kappa shape index (κ1) is 22.7. The van der Waals surface area contributed by atoms with Crippen LogP contribution in [0, 0.1) is 0 Å². The third kappa shape index (κ3) is 7.09. The predicted molar refractivity (Wildman–Crippen MR) is 105 cm³/mol. The van der Waals surface area contributed by atoms with E-state index < -0.39 is 12.0 Å². The first-order chi connectivity index (χ1) is 12.0. The van der Waals surface area contributed by atoms with Gasteiger partial charge in [-0.15, -0.1) is 12.4 Å². The number of hydrogen-bond acceptors (Lipinski definition) is 5. The van der Waals surface area contributed by atoms with Gasteiger partial charge in [0.2, 0.25) is 0 Å². The predicted octanol–water partition coefficient (Wildman–Crippen LogP) is 4.05. The van der Waals surface area contributed by atoms with Crippen LogP contribution < -0.4 is 5.32 Å². The van der Waals surface area contributed by atoms with Crippen LogP contribution in [0.15, 0.2) is 42.5 Å². The number of ether oxygens (including phenoxy) is 2. The Kier molecular flexibility index (Phi) is 9.91. The van der Waals surface area contributed by atoms with E-state index in [2.05, 4.69) is 10.3 Å². The maximum atomic E-state index is 12.3. The highest BCUT2D eigenvalue weighted by atomic mass is 35.5. The summed E-state index contributed by atoms with van der Waals surface area (Å²) in [6, 6.07) is 12.4. The van der Waals surface area contributed by atoms with Gasteiger partial charge in [-0.1, -0.05) is 53.5 Å². The molecule has 1 aromatic carbocycles. The molecular weight excluding hydrogens is 399 g/mol. The molecule has 0 amide bonds. The van der Waals surface area contributed by atoms with Crippen LogP contribution in [0.1, 0.15) is 18.1 Å². The zero-order valence-electron chi connectivity index (χ0n) is 14.4. The van der Waals surface area contributed by atoms with E-state index in [1.807, 2.05) is 37.3 Å². The number of hydrogen-bond donors (Lipinski definition) is 1. The summed E-state index contributed by atoms with van der Waals surface area (Å²) in [5.74, 6) is -0.410. The third-order valence-corrected chi connectivity index (χ3v) is 3.98. The van der Waals surface area contributed by atoms with E-state index in [0.29, 0.717) is 12.2 Å². The van der Waals surface area contributed by atoms with Crippen LogP contribution >= 0.6 is 35.6 Å². The molecule has 8 heteroatoms. The highest BCUT2D eigenvalue weighted by molar-refractivity contribution is 6.32. The summed E-state index contributed by atoms with van der Waals surface area (Å²) in [5.41, 5.74) is 1.71. The minimum atomic E-state index is -0.587. The Labute approximate surface area is 169 Å². The van der Waals surface area contributed by atoms with Crippen molar-refractivity contribution in [2.45, 2.75) is 32.3 Å². The van der Waals surface area contributed by atoms with E-state index in [4.69, 9.17) is 32.7 Å². The minimum absolute atomic E-state index is 0. The monoisotopic (exact) mass is 418 g/mol. The molecule has 1 heterocycles. The van der Waals surface area contributed by atoms with Crippen LogP contribution in [0.3, 0.4) is 0 Å². The summed E-state index contributed by atoms with van der Waals surface area (Å²) in [6.45, 7) is 2.30. The number of nitrogens with zero attached hydrogens (tertiary/aromatic N) is 1. The van der Waals surface area contributed by atoms with E-state index in [1.165, 1.54) is 0 Å². The van der Waals surface area contributed by atoms with Gasteiger partial charge in [0.05, 0.1) is 12.7 Å². The van der Waals surface area contributed by atoms with Gasteiger partial charge in [0.1, 0.15) is 23.0 Å². The molecule has 0 fully saturated rings. The zero-order chi connectivity index (χ0) is 18.2. The highest BCUT2D eigenvalue weighted by Gasteiger charge is 2.25. The van der Waals surface area contributed by atoms with Gasteiger partial charge in [-0.05, 0) is 37.2 Å². The summed E-state index contributed by atoms with van der Waals surface area (Å²) < 4.78 is 11.1. The molecule has 2 atom stereocenters. The van der Waals surface area contributed by atoms with Gasteiger partial charge in [-0.3, -0.25) is 4.79 Å². The summed E-state index contributed by atoms with van der Waals surface area (Å²) in [7, 11) is 1.69. The number of benzene rings is 1. The molecule has 26 heavy (non-hydrogen) atoms. The van der Waals surface area contributed by atoms with Gasteiger partial charge < -0.3 is 14.8 Å². The standard InChI is InChI=1S/C18H20Cl2N2O3.ClH/c1-12(24-10-13-6-4-3-5-7-13)17(21-2)18(23)25-11-14-8-15(19)22-16(20)9-14;/h3-9,12,17,21H,10-11H2,1-2H3;1H/t12-,17+;/m1./s1. The van der Waals surface area contributed by atoms with E-state index in [0.717, 1.165) is 5.56 Å². The van der Waals surface area contributed by atoms with Crippen LogP contribution in [0.5, 0.6) is 0 Å². The van der Waals surface area contributed by atoms with Gasteiger partial charge in [0.25, 0.3) is 0 Å². The van der Waals surface area contributed by atoms with Crippen molar-refractivity contribution in [1.29, 1.82) is 0 Å². The van der Waals surface area contributed by atoms with Crippen molar-refractivity contribution < 1.29 is 14.3 Å². The summed E-state index contributed by atoms with van der Waals surface area (Å²) in [5, 5.41) is 3.44. The molecule has 0 saturated heterocycles. The lowest BCUT2D eigenvalue weighted by molar-refractivity contribution is -0.151. The van der Waals surface area contributed by atoms with E-state index in [-0.39, 0.29) is 35.4 Å². The molecule has 1 aromatic heterocycles. The van der Waals surface area contributed by atoms with Gasteiger partial charge >= 0.3 is 5.97 Å². The molecule has 0 aliphatic rings. The molecule has 0 saturated carbocycles. The van der Waals surface area contributed by atoms with Crippen molar-refractivity contribution in [3.05, 3.63) is 63.9 Å². The molecule has 0 unspecified atom stereocenters. The van der Waals surface area contributed by atoms with Crippen LogP contribution in [-0.2, 0) is 27.5 Å². The fraction of sp³-hybridized carbons (Fsp3) is 0.333. The molecular formula is C18H21Cl3N2O3. The van der Waals surface area contributed by atoms with Crippen molar-refractivity contribution in [3.8, 4) is 0 Å². The van der Waals surface area contributed by atoms with Crippen molar-refractivity contribution in [2.75, 3.05) is 7.05 Å². The number of halogens is 3. The molecule has 1 N–H and O–H groups in total. The molecule has 142 valence electrons. The van der Waals surface area contributed by atoms with Crippen molar-refractivity contribution in [2.24, 2.45) is 0 Å². The summed E-state index contributed by atoms with van der Waals surface area (Å²) >= 11 is 11.7. The number of carbonyl (C=O) groups is 1. The number of nitrogens with one attached hydrogen (secondary N) is 1. The molecule has 0 bridgehead atoms. The first-order valence-electron chi connectivity index (χ1n) is 7.81. The third-order valence-electron chi connectivity index (χ3n) is 3.59. The zero-order valence-corrected chi connectivity index (χ0v) is 16.8. The molecule has 2 rings (SSSR count). The number of pyridine rings is 1. The fourth-order valence-corrected chi connectivity index (χ4v) is 2.79. The maximum absolute atomic E-state index is 12.3. The molecule has 2 aromatic rings. The van der Waals surface area contributed by atoms with Crippen LogP contribution in [0.2, 0.25) is 10.3 Å². The molecule has 5 nitrogen and oxygen atoms in total. The number of carbonyl (C=O) groups excluding carboxylic acids is 1. The Hall–Kier alpha value is -1.37. The quantitative estimate of drug-likeness (QED) is 0.517. The Morgan fingerprint density at radius 2 is 1.73 bits per heavy atom. The Bertz CT molecular complexity index is 681. The lowest BCUT2D eigenvalue weighted by Crippen LogP contribution is -2.45. The smallest absolute Gasteiger partial charge is 0.326 e. The highest BCUT2D eigenvalue weighted by Crippen LogP contribution is 2.16. The van der Waals surface area contributed by atoms with E-state index >= 15 is 0 Å². The summed E-state index contributed by atoms with van der Waals surface area (Å²) in [6.07, 6.45) is -0.359. The topological polar surface area (TPSA) is 60.5 Å². The van der Waals surface area contributed by atoms with Crippen LogP contribution in [-0.4, -0.2) is 30.1 Å². The second-order valence-corrected chi connectivity index (χ2v) is 6.27. The van der Waals surface area contributed by atoms with Crippen molar-refractivity contribution >= 4 is 41.6 Å². The van der Waals surface area contributed by atoms with Crippen LogP contribution in [0.4, 0.5) is 0 Å². The Morgan fingerprint density at radius 1 is 1.12 bits per heavy atom. The fourth-order valence-electron chi connectivity index (χ4n) is 2.28. The number of aromatic nitrogens is 1. The lowest BCUT2D eigenvalue weighted by atomic mass is 10.2. The SMILES string of the molecule is CN[C@H](C(=O)OCc1cc(Cl)nc(Cl)c1)[C@@H](C)OCc1ccccc1.Cl. The minimum Gasteiger partial charge on any atom is -0.460 e. The largest absolute Gasteiger partial charge is 0.460 e. The van der Waals surface area contributed by atoms with E-state index in [9.17, 15) is 4.79 Å². The average molecular weight is 420 g/mol. The maximum Gasteiger partial charge on any atom is 0.326 e. The molecule has 0 spiro atoms. The second-order valence-electron chi connectivity index (χ2n) is 5.50. The molecule has 0 aliphatic carbocycles. The van der Waals surface area contributed by atoms with E-state index in [1.54, 1.807) is 19.2 Å². The second kappa shape index (κ2) is 11.4. The van der Waals surface area contributed by atoms with Gasteiger partial charge in [-0.25, -0.2) is 4.98 Å². The number of likely N-dealkylation sites (N-methyl/N-ethyl adjacent to an activating group) is 1. The Morgan fingerprint density at radius 3 is 2.31 bits per heavy atom.